The zero-order chi connectivity index (χ0) is 5.86. The van der Waals surface area contributed by atoms with Crippen LogP contribution in [0.3, 0.4) is 0 Å². The monoisotopic (exact) mass is 122 g/mol. The molecule has 0 saturated carbocycles. The van der Waals surface area contributed by atoms with Crippen molar-refractivity contribution in [1.29, 1.82) is 0 Å². The summed E-state index contributed by atoms with van der Waals surface area (Å²) in [6.07, 6.45) is 0. The summed E-state index contributed by atoms with van der Waals surface area (Å²) in [6.45, 7) is 0. The molecule has 1 unspecified atom stereocenters. The Balaban J connectivity index is 3.35. The summed E-state index contributed by atoms with van der Waals surface area (Å²) < 4.78 is 0. The second-order valence-corrected chi connectivity index (χ2v) is 1.44. The van der Waals surface area contributed by atoms with Gasteiger partial charge in [0.25, 0.3) is 0 Å². The molecule has 0 fully saturated rings. The van der Waals surface area contributed by atoms with Gasteiger partial charge in [-0.05, 0) is 0 Å². The molecule has 42 valence electrons. The molecule has 0 aromatic heterocycles. The highest BCUT2D eigenvalue weighted by atomic mass is 32.1. The fourth-order valence-corrected chi connectivity index (χ4v) is 0.131. The first-order valence-electron chi connectivity index (χ1n) is 1.52. The lowest BCUT2D eigenvalue weighted by Gasteiger charge is -1.96. The number of hydrogen-bond donors (Lipinski definition) is 3. The lowest BCUT2D eigenvalue weighted by molar-refractivity contribution is -0.143. The van der Waals surface area contributed by atoms with Crippen molar-refractivity contribution in [3.8, 4) is 0 Å². The van der Waals surface area contributed by atoms with Crippen molar-refractivity contribution in [2.45, 2.75) is 5.37 Å². The average Bonchev–Trinajstić information content (AvgIpc) is 1.65. The Morgan fingerprint density at radius 2 is 2.29 bits per heavy atom. The predicted molar refractivity (Wildman–Crippen MR) is 27.2 cm³/mol. The van der Waals surface area contributed by atoms with Crippen LogP contribution in [0.15, 0.2) is 0 Å². The van der Waals surface area contributed by atoms with Crippen LogP contribution in [0.1, 0.15) is 0 Å². The molecule has 1 atom stereocenters. The SMILES string of the molecule is NOC(=O)C(N)S. The Bertz CT molecular complexity index is 74.1. The van der Waals surface area contributed by atoms with Crippen LogP contribution in [0.25, 0.3) is 0 Å². The maximum absolute atomic E-state index is 9.96. The highest BCUT2D eigenvalue weighted by Gasteiger charge is 2.05. The van der Waals surface area contributed by atoms with Gasteiger partial charge >= 0.3 is 5.97 Å². The number of nitrogens with two attached hydrogens (primary N) is 2. The van der Waals surface area contributed by atoms with Gasteiger partial charge in [-0.2, -0.15) is 5.90 Å². The van der Waals surface area contributed by atoms with E-state index >= 15 is 0 Å². The summed E-state index contributed by atoms with van der Waals surface area (Å²) in [4.78, 5) is 13.6. The first kappa shape index (κ1) is 6.74. The van der Waals surface area contributed by atoms with Crippen LogP contribution in [0, 0.1) is 0 Å². The largest absolute Gasteiger partial charge is 0.371 e. The molecule has 0 aliphatic rings. The van der Waals surface area contributed by atoms with E-state index in [0.717, 1.165) is 0 Å². The van der Waals surface area contributed by atoms with Gasteiger partial charge in [-0.3, -0.25) is 0 Å². The van der Waals surface area contributed by atoms with Crippen LogP contribution in [-0.2, 0) is 9.63 Å². The first-order valence-corrected chi connectivity index (χ1v) is 2.04. The molecule has 0 heterocycles. The molecule has 0 aromatic carbocycles. The minimum Gasteiger partial charge on any atom is -0.371 e. The third-order valence-electron chi connectivity index (χ3n) is 0.358. The third kappa shape index (κ3) is 2.44. The van der Waals surface area contributed by atoms with Crippen molar-refractivity contribution in [3.05, 3.63) is 0 Å². The van der Waals surface area contributed by atoms with Gasteiger partial charge in [0.15, 0.2) is 0 Å². The van der Waals surface area contributed by atoms with Gasteiger partial charge in [0.1, 0.15) is 5.37 Å². The smallest absolute Gasteiger partial charge is 0.351 e. The number of carbonyl (C=O) groups is 1. The fraction of sp³-hybridized carbons (Fsp3) is 0.500. The van der Waals surface area contributed by atoms with Gasteiger partial charge < -0.3 is 10.6 Å². The molecule has 5 heteroatoms. The second-order valence-electron chi connectivity index (χ2n) is 0.882. The second kappa shape index (κ2) is 2.84. The van der Waals surface area contributed by atoms with Crippen LogP contribution in [0.4, 0.5) is 0 Å². The molecule has 0 aliphatic heterocycles. The summed E-state index contributed by atoms with van der Waals surface area (Å²) in [6, 6.07) is 0. The summed E-state index contributed by atoms with van der Waals surface area (Å²) in [5, 5.41) is -0.926. The van der Waals surface area contributed by atoms with Crippen molar-refractivity contribution in [2.24, 2.45) is 11.6 Å². The molecule has 4 N–H and O–H groups in total. The Labute approximate surface area is 46.2 Å². The molecule has 0 aliphatic carbocycles. The van der Waals surface area contributed by atoms with Crippen LogP contribution in [0.2, 0.25) is 0 Å². The molecule has 0 radical (unpaired) electrons. The van der Waals surface area contributed by atoms with E-state index in [9.17, 15) is 4.79 Å². The van der Waals surface area contributed by atoms with Gasteiger partial charge in [-0.25, -0.2) is 4.79 Å². The molecule has 0 saturated heterocycles. The van der Waals surface area contributed by atoms with Crippen molar-refractivity contribution >= 4 is 18.6 Å². The molecular weight excluding hydrogens is 116 g/mol. The van der Waals surface area contributed by atoms with Gasteiger partial charge in [0.2, 0.25) is 0 Å². The minimum absolute atomic E-state index is 0.733. The van der Waals surface area contributed by atoms with E-state index in [0.29, 0.717) is 0 Å². The van der Waals surface area contributed by atoms with Gasteiger partial charge in [-0.15, -0.1) is 12.6 Å². The Kier molecular flexibility index (Phi) is 2.73. The molecule has 0 aromatic rings. The molecule has 0 spiro atoms. The highest BCUT2D eigenvalue weighted by molar-refractivity contribution is 7.81. The van der Waals surface area contributed by atoms with Crippen LogP contribution in [0.5, 0.6) is 0 Å². The standard InChI is InChI=1S/C2H6N2O2S/c3-1(7)2(5)6-4/h1,7H,3-4H2. The maximum Gasteiger partial charge on any atom is 0.351 e. The van der Waals surface area contributed by atoms with Crippen LogP contribution in [-0.4, -0.2) is 11.3 Å². The molecule has 4 nitrogen and oxygen atoms in total. The lowest BCUT2D eigenvalue weighted by Crippen LogP contribution is -2.28. The number of carbonyl (C=O) groups excluding carboxylic acids is 1. The first-order chi connectivity index (χ1) is 3.18. The van der Waals surface area contributed by atoms with E-state index in [1.54, 1.807) is 0 Å². The van der Waals surface area contributed by atoms with E-state index in [1.807, 2.05) is 0 Å². The van der Waals surface area contributed by atoms with Crippen LogP contribution < -0.4 is 11.6 Å². The number of thiol groups is 1. The third-order valence-corrected chi connectivity index (χ3v) is 0.568. The van der Waals surface area contributed by atoms with E-state index in [4.69, 9.17) is 5.73 Å². The molecule has 0 rings (SSSR count). The summed E-state index contributed by atoms with van der Waals surface area (Å²) in [5.41, 5.74) is 4.86. The van der Waals surface area contributed by atoms with Crippen molar-refractivity contribution < 1.29 is 9.63 Å². The normalized spacial score (nSPS) is 13.0. The summed E-state index contributed by atoms with van der Waals surface area (Å²) >= 11 is 3.50. The van der Waals surface area contributed by atoms with E-state index in [-0.39, 0.29) is 0 Å². The molecule has 0 amide bonds. The predicted octanol–water partition coefficient (Wildman–Crippen LogP) is -1.38. The van der Waals surface area contributed by atoms with Crippen molar-refractivity contribution in [3.63, 3.8) is 0 Å². The maximum atomic E-state index is 9.96. The Morgan fingerprint density at radius 1 is 1.86 bits per heavy atom. The van der Waals surface area contributed by atoms with Crippen LogP contribution >= 0.6 is 12.6 Å². The number of hydrogen-bond acceptors (Lipinski definition) is 5. The molecule has 7 heavy (non-hydrogen) atoms. The number of rotatable bonds is 1. The Hall–Kier alpha value is -0.260. The van der Waals surface area contributed by atoms with Crippen molar-refractivity contribution in [2.75, 3.05) is 0 Å². The quantitative estimate of drug-likeness (QED) is 0.227. The van der Waals surface area contributed by atoms with E-state index < -0.39 is 11.3 Å². The fourth-order valence-electron chi connectivity index (χ4n) is 0.0697. The van der Waals surface area contributed by atoms with E-state index in [1.165, 1.54) is 0 Å². The zero-order valence-electron chi connectivity index (χ0n) is 3.50. The molecular formula is C2H6N2O2S. The Morgan fingerprint density at radius 3 is 2.29 bits per heavy atom. The summed E-state index contributed by atoms with van der Waals surface area (Å²) in [7, 11) is 0. The van der Waals surface area contributed by atoms with Gasteiger partial charge in [0, 0.05) is 0 Å². The summed E-state index contributed by atoms with van der Waals surface area (Å²) in [5.74, 6) is 3.66. The van der Waals surface area contributed by atoms with E-state index in [2.05, 4.69) is 23.4 Å². The molecule has 0 bridgehead atoms. The zero-order valence-corrected chi connectivity index (χ0v) is 4.39. The lowest BCUT2D eigenvalue weighted by atomic mass is 10.7. The minimum atomic E-state index is -0.926. The highest BCUT2D eigenvalue weighted by Crippen LogP contribution is 1.83. The van der Waals surface area contributed by atoms with Gasteiger partial charge in [-0.1, -0.05) is 0 Å². The topological polar surface area (TPSA) is 78.3 Å². The van der Waals surface area contributed by atoms with Gasteiger partial charge in [0.05, 0.1) is 0 Å². The average molecular weight is 122 g/mol. The van der Waals surface area contributed by atoms with Crippen molar-refractivity contribution in [1.82, 2.24) is 0 Å².